The normalized spacial score (nSPS) is 10.8. The lowest BCUT2D eigenvalue weighted by Gasteiger charge is -1.98. The molecule has 1 heterocycles. The zero-order valence-electron chi connectivity index (χ0n) is 13.9. The molecule has 7 heteroatoms. The van der Waals surface area contributed by atoms with Gasteiger partial charge in [-0.05, 0) is 30.7 Å². The summed E-state index contributed by atoms with van der Waals surface area (Å²) in [6.07, 6.45) is 2.97. The van der Waals surface area contributed by atoms with E-state index in [0.29, 0.717) is 10.7 Å². The van der Waals surface area contributed by atoms with Crippen LogP contribution < -0.4 is 5.32 Å². The van der Waals surface area contributed by atoms with Gasteiger partial charge in [-0.3, -0.25) is 20.2 Å². The standard InChI is InChI=1S/C19H15N3O3S/c1-13-18(15-5-3-2-4-6-15)21-19(26-13)20-17(23)12-9-14-7-10-16(11-8-14)22(24)25/h2-12H,1H3,(H,20,21,23)/b12-9+. The molecule has 0 atom stereocenters. The number of aromatic nitrogens is 1. The molecule has 0 fully saturated rings. The number of rotatable bonds is 5. The lowest BCUT2D eigenvalue weighted by Crippen LogP contribution is -2.07. The molecule has 0 radical (unpaired) electrons. The monoisotopic (exact) mass is 365 g/mol. The molecular formula is C19H15N3O3S. The van der Waals surface area contributed by atoms with E-state index in [4.69, 9.17) is 0 Å². The first-order chi connectivity index (χ1) is 12.5. The highest BCUT2D eigenvalue weighted by Gasteiger charge is 2.10. The summed E-state index contributed by atoms with van der Waals surface area (Å²) in [5.74, 6) is -0.309. The van der Waals surface area contributed by atoms with Crippen LogP contribution in [0.1, 0.15) is 10.4 Å². The van der Waals surface area contributed by atoms with Crippen molar-refractivity contribution in [3.63, 3.8) is 0 Å². The molecule has 3 rings (SSSR count). The van der Waals surface area contributed by atoms with Crippen molar-refractivity contribution in [1.82, 2.24) is 4.98 Å². The van der Waals surface area contributed by atoms with Crippen LogP contribution in [0.4, 0.5) is 10.8 Å². The van der Waals surface area contributed by atoms with Gasteiger partial charge in [0.25, 0.3) is 5.69 Å². The van der Waals surface area contributed by atoms with Gasteiger partial charge >= 0.3 is 0 Å². The van der Waals surface area contributed by atoms with Crippen molar-refractivity contribution in [3.05, 3.63) is 81.2 Å². The number of carbonyl (C=O) groups excluding carboxylic acids is 1. The van der Waals surface area contributed by atoms with Crippen LogP contribution in [-0.2, 0) is 4.79 Å². The maximum atomic E-state index is 12.1. The first kappa shape index (κ1) is 17.5. The molecule has 1 N–H and O–H groups in total. The Hall–Kier alpha value is -3.32. The second-order valence-corrected chi connectivity index (χ2v) is 6.66. The fourth-order valence-electron chi connectivity index (χ4n) is 2.34. The van der Waals surface area contributed by atoms with E-state index in [1.54, 1.807) is 18.2 Å². The fraction of sp³-hybridized carbons (Fsp3) is 0.0526. The maximum Gasteiger partial charge on any atom is 0.269 e. The second kappa shape index (κ2) is 7.71. The Morgan fingerprint density at radius 1 is 1.15 bits per heavy atom. The van der Waals surface area contributed by atoms with Crippen LogP contribution in [-0.4, -0.2) is 15.8 Å². The van der Waals surface area contributed by atoms with Gasteiger partial charge in [-0.1, -0.05) is 30.3 Å². The highest BCUT2D eigenvalue weighted by atomic mass is 32.1. The van der Waals surface area contributed by atoms with E-state index in [0.717, 1.165) is 16.1 Å². The smallest absolute Gasteiger partial charge is 0.269 e. The van der Waals surface area contributed by atoms with E-state index in [1.807, 2.05) is 37.3 Å². The molecule has 6 nitrogen and oxygen atoms in total. The van der Waals surface area contributed by atoms with Crippen LogP contribution >= 0.6 is 11.3 Å². The lowest BCUT2D eigenvalue weighted by atomic mass is 10.1. The lowest BCUT2D eigenvalue weighted by molar-refractivity contribution is -0.384. The van der Waals surface area contributed by atoms with Gasteiger partial charge in [0, 0.05) is 28.6 Å². The molecule has 1 amide bonds. The summed E-state index contributed by atoms with van der Waals surface area (Å²) in [6.45, 7) is 1.96. The summed E-state index contributed by atoms with van der Waals surface area (Å²) in [7, 11) is 0. The summed E-state index contributed by atoms with van der Waals surface area (Å²) >= 11 is 1.41. The fourth-order valence-corrected chi connectivity index (χ4v) is 3.18. The molecular weight excluding hydrogens is 350 g/mol. The van der Waals surface area contributed by atoms with E-state index < -0.39 is 4.92 Å². The van der Waals surface area contributed by atoms with Gasteiger partial charge in [-0.15, -0.1) is 11.3 Å². The summed E-state index contributed by atoms with van der Waals surface area (Å²) in [6, 6.07) is 15.7. The van der Waals surface area contributed by atoms with Gasteiger partial charge in [-0.2, -0.15) is 0 Å². The van der Waals surface area contributed by atoms with Gasteiger partial charge in [0.1, 0.15) is 0 Å². The van der Waals surface area contributed by atoms with E-state index in [1.165, 1.54) is 29.5 Å². The molecule has 3 aromatic rings. The van der Waals surface area contributed by atoms with Crippen LogP contribution in [0.15, 0.2) is 60.7 Å². The first-order valence-electron chi connectivity index (χ1n) is 7.79. The number of carbonyl (C=O) groups is 1. The van der Waals surface area contributed by atoms with Gasteiger partial charge < -0.3 is 0 Å². The number of benzene rings is 2. The molecule has 0 saturated heterocycles. The third-order valence-electron chi connectivity index (χ3n) is 3.61. The van der Waals surface area contributed by atoms with Crippen molar-refractivity contribution in [2.75, 3.05) is 5.32 Å². The number of thiazole rings is 1. The number of nitro groups is 1. The van der Waals surface area contributed by atoms with Crippen LogP contribution in [0, 0.1) is 17.0 Å². The summed E-state index contributed by atoms with van der Waals surface area (Å²) in [5.41, 5.74) is 2.57. The third-order valence-corrected chi connectivity index (χ3v) is 4.49. The topological polar surface area (TPSA) is 85.1 Å². The van der Waals surface area contributed by atoms with E-state index in [-0.39, 0.29) is 11.6 Å². The van der Waals surface area contributed by atoms with Crippen LogP contribution in [0.25, 0.3) is 17.3 Å². The summed E-state index contributed by atoms with van der Waals surface area (Å²) < 4.78 is 0. The zero-order valence-corrected chi connectivity index (χ0v) is 14.7. The van der Waals surface area contributed by atoms with E-state index in [2.05, 4.69) is 10.3 Å². The van der Waals surface area contributed by atoms with Gasteiger partial charge in [-0.25, -0.2) is 4.98 Å². The summed E-state index contributed by atoms with van der Waals surface area (Å²) in [5, 5.41) is 13.9. The van der Waals surface area contributed by atoms with Gasteiger partial charge in [0.05, 0.1) is 10.6 Å². The number of non-ortho nitro benzene ring substituents is 1. The Balaban J connectivity index is 1.67. The number of nitro benzene ring substituents is 1. The molecule has 26 heavy (non-hydrogen) atoms. The molecule has 0 saturated carbocycles. The first-order valence-corrected chi connectivity index (χ1v) is 8.61. The molecule has 0 unspecified atom stereocenters. The highest BCUT2D eigenvalue weighted by Crippen LogP contribution is 2.30. The van der Waals surface area contributed by atoms with Crippen molar-refractivity contribution < 1.29 is 9.72 Å². The number of nitrogens with zero attached hydrogens (tertiary/aromatic N) is 2. The second-order valence-electron chi connectivity index (χ2n) is 5.46. The van der Waals surface area contributed by atoms with Gasteiger partial charge in [0.2, 0.25) is 5.91 Å². The van der Waals surface area contributed by atoms with Crippen LogP contribution in [0.3, 0.4) is 0 Å². The van der Waals surface area contributed by atoms with Gasteiger partial charge in [0.15, 0.2) is 5.13 Å². The van der Waals surface area contributed by atoms with E-state index >= 15 is 0 Å². The largest absolute Gasteiger partial charge is 0.298 e. The van der Waals surface area contributed by atoms with Crippen molar-refractivity contribution in [3.8, 4) is 11.3 Å². The SMILES string of the molecule is Cc1sc(NC(=O)/C=C/c2ccc([N+](=O)[O-])cc2)nc1-c1ccccc1. The minimum atomic E-state index is -0.463. The van der Waals surface area contributed by atoms with E-state index in [9.17, 15) is 14.9 Å². The number of hydrogen-bond acceptors (Lipinski definition) is 5. The summed E-state index contributed by atoms with van der Waals surface area (Å²) in [4.78, 5) is 27.7. The number of hydrogen-bond donors (Lipinski definition) is 1. The van der Waals surface area contributed by atoms with Crippen molar-refractivity contribution in [1.29, 1.82) is 0 Å². The average Bonchev–Trinajstić information content (AvgIpc) is 3.01. The molecule has 2 aromatic carbocycles. The minimum Gasteiger partial charge on any atom is -0.298 e. The van der Waals surface area contributed by atoms with Crippen molar-refractivity contribution in [2.45, 2.75) is 6.92 Å². The predicted octanol–water partition coefficient (Wildman–Crippen LogP) is 4.68. The molecule has 0 aliphatic rings. The minimum absolute atomic E-state index is 0.0123. The van der Waals surface area contributed by atoms with Crippen LogP contribution in [0.2, 0.25) is 0 Å². The zero-order chi connectivity index (χ0) is 18.5. The molecule has 0 aliphatic heterocycles. The highest BCUT2D eigenvalue weighted by molar-refractivity contribution is 7.16. The quantitative estimate of drug-likeness (QED) is 0.404. The molecule has 0 aliphatic carbocycles. The Labute approximate surface area is 154 Å². The molecule has 130 valence electrons. The third kappa shape index (κ3) is 4.20. The average molecular weight is 365 g/mol. The molecule has 1 aromatic heterocycles. The number of anilines is 1. The Morgan fingerprint density at radius 2 is 1.85 bits per heavy atom. The maximum absolute atomic E-state index is 12.1. The number of nitrogens with one attached hydrogen (secondary N) is 1. The Morgan fingerprint density at radius 3 is 2.50 bits per heavy atom. The number of amides is 1. The predicted molar refractivity (Wildman–Crippen MR) is 103 cm³/mol. The number of aryl methyl sites for hydroxylation is 1. The van der Waals surface area contributed by atoms with Crippen molar-refractivity contribution >= 4 is 34.1 Å². The molecule has 0 spiro atoms. The Bertz CT molecular complexity index is 963. The van der Waals surface area contributed by atoms with Crippen molar-refractivity contribution in [2.24, 2.45) is 0 Å². The molecule has 0 bridgehead atoms. The van der Waals surface area contributed by atoms with Crippen LogP contribution in [0.5, 0.6) is 0 Å². The Kier molecular flexibility index (Phi) is 5.19.